The highest BCUT2D eigenvalue weighted by Crippen LogP contribution is 2.31. The van der Waals surface area contributed by atoms with Crippen molar-refractivity contribution in [2.75, 3.05) is 24.5 Å². The average Bonchev–Trinajstić information content (AvgIpc) is 2.81. The molecule has 0 aliphatic carbocycles. The predicted octanol–water partition coefficient (Wildman–Crippen LogP) is 4.60. The van der Waals surface area contributed by atoms with Gasteiger partial charge in [-0.1, -0.05) is 59.6 Å². The minimum atomic E-state index is -4.00. The lowest BCUT2D eigenvalue weighted by Gasteiger charge is -2.24. The molecule has 0 aliphatic heterocycles. The first-order valence-electron chi connectivity index (χ1n) is 10.5. The molecule has 174 valence electrons. The Hall–Kier alpha value is -3.03. The molecule has 8 heteroatoms. The fourth-order valence-electron chi connectivity index (χ4n) is 3.31. The van der Waals surface area contributed by atoms with E-state index >= 15 is 0 Å². The Labute approximate surface area is 200 Å². The number of hydrogen-bond acceptors (Lipinski definition) is 4. The molecule has 1 amide bonds. The molecule has 3 aromatic rings. The van der Waals surface area contributed by atoms with Crippen LogP contribution in [0.4, 0.5) is 5.69 Å². The minimum Gasteiger partial charge on any atom is -0.495 e. The molecule has 0 unspecified atom stereocenters. The van der Waals surface area contributed by atoms with Crippen LogP contribution in [0, 0.1) is 6.92 Å². The number of carbonyl (C=O) groups is 1. The van der Waals surface area contributed by atoms with Crippen molar-refractivity contribution in [1.82, 2.24) is 5.32 Å². The fraction of sp³-hybridized carbons (Fsp3) is 0.240. The molecular weight excluding hydrogens is 460 g/mol. The maximum absolute atomic E-state index is 13.4. The molecule has 0 saturated carbocycles. The van der Waals surface area contributed by atoms with Crippen LogP contribution in [0.15, 0.2) is 77.7 Å². The van der Waals surface area contributed by atoms with E-state index in [1.807, 2.05) is 37.3 Å². The molecule has 3 rings (SSSR count). The van der Waals surface area contributed by atoms with Gasteiger partial charge in [-0.25, -0.2) is 8.42 Å². The summed E-state index contributed by atoms with van der Waals surface area (Å²) in [5.74, 6) is 0.0177. The summed E-state index contributed by atoms with van der Waals surface area (Å²) < 4.78 is 33.1. The second kappa shape index (κ2) is 11.2. The Morgan fingerprint density at radius 2 is 1.73 bits per heavy atom. The van der Waals surface area contributed by atoms with Crippen LogP contribution in [0.5, 0.6) is 5.75 Å². The lowest BCUT2D eigenvalue weighted by atomic mass is 10.1. The number of nitrogens with zero attached hydrogens (tertiary/aromatic N) is 1. The van der Waals surface area contributed by atoms with Gasteiger partial charge in [0.25, 0.3) is 10.0 Å². The molecule has 6 nitrogen and oxygen atoms in total. The quantitative estimate of drug-likeness (QED) is 0.425. The van der Waals surface area contributed by atoms with Crippen molar-refractivity contribution < 1.29 is 17.9 Å². The molecule has 0 saturated heterocycles. The number of methoxy groups -OCH3 is 1. The van der Waals surface area contributed by atoms with Gasteiger partial charge in [0.2, 0.25) is 5.91 Å². The molecule has 0 heterocycles. The molecule has 33 heavy (non-hydrogen) atoms. The molecule has 0 atom stereocenters. The normalized spacial score (nSPS) is 11.1. The molecule has 0 radical (unpaired) electrons. The minimum absolute atomic E-state index is 0.0944. The van der Waals surface area contributed by atoms with Crippen LogP contribution in [-0.4, -0.2) is 34.5 Å². The van der Waals surface area contributed by atoms with Crippen LogP contribution in [0.2, 0.25) is 5.02 Å². The SMILES string of the molecule is COc1ccc(N(CC(=O)NCCCc2ccccc2)S(=O)(=O)c2ccc(C)cc2)cc1Cl. The van der Waals surface area contributed by atoms with Crippen LogP contribution in [0.1, 0.15) is 17.5 Å². The van der Waals surface area contributed by atoms with Crippen molar-refractivity contribution in [2.24, 2.45) is 0 Å². The molecule has 0 aromatic heterocycles. The number of sulfonamides is 1. The third kappa shape index (κ3) is 6.49. The van der Waals surface area contributed by atoms with E-state index in [0.29, 0.717) is 12.3 Å². The van der Waals surface area contributed by atoms with Crippen molar-refractivity contribution in [3.63, 3.8) is 0 Å². The summed E-state index contributed by atoms with van der Waals surface area (Å²) in [6.07, 6.45) is 1.56. The number of aryl methyl sites for hydroxylation is 2. The number of amides is 1. The zero-order valence-electron chi connectivity index (χ0n) is 18.6. The van der Waals surface area contributed by atoms with Gasteiger partial charge in [0, 0.05) is 6.54 Å². The molecule has 0 aliphatic rings. The monoisotopic (exact) mass is 486 g/mol. The second-order valence-corrected chi connectivity index (χ2v) is 9.85. The van der Waals surface area contributed by atoms with Crippen molar-refractivity contribution >= 4 is 33.2 Å². The Kier molecular flexibility index (Phi) is 8.36. The van der Waals surface area contributed by atoms with E-state index < -0.39 is 15.9 Å². The maximum Gasteiger partial charge on any atom is 0.264 e. The summed E-state index contributed by atoms with van der Waals surface area (Å²) in [5.41, 5.74) is 2.40. The highest BCUT2D eigenvalue weighted by Gasteiger charge is 2.27. The van der Waals surface area contributed by atoms with Crippen LogP contribution in [0.3, 0.4) is 0 Å². The highest BCUT2D eigenvalue weighted by atomic mass is 35.5. The molecular formula is C25H27ClN2O4S. The Balaban J connectivity index is 1.77. The highest BCUT2D eigenvalue weighted by molar-refractivity contribution is 7.92. The average molecular weight is 487 g/mol. The Morgan fingerprint density at radius 1 is 1.03 bits per heavy atom. The first-order valence-corrected chi connectivity index (χ1v) is 12.4. The van der Waals surface area contributed by atoms with E-state index in [1.54, 1.807) is 24.3 Å². The zero-order chi connectivity index (χ0) is 23.8. The van der Waals surface area contributed by atoms with Crippen molar-refractivity contribution in [2.45, 2.75) is 24.7 Å². The van der Waals surface area contributed by atoms with E-state index in [9.17, 15) is 13.2 Å². The third-order valence-corrected chi connectivity index (χ3v) is 7.21. The molecule has 0 fully saturated rings. The van der Waals surface area contributed by atoms with E-state index in [4.69, 9.17) is 16.3 Å². The Bertz CT molecular complexity index is 1180. The van der Waals surface area contributed by atoms with Crippen LogP contribution < -0.4 is 14.4 Å². The van der Waals surface area contributed by atoms with Gasteiger partial charge in [-0.05, 0) is 55.7 Å². The van der Waals surface area contributed by atoms with Gasteiger partial charge in [-0.3, -0.25) is 9.10 Å². The van der Waals surface area contributed by atoms with E-state index in [-0.39, 0.29) is 22.2 Å². The number of benzene rings is 3. The summed E-state index contributed by atoms with van der Waals surface area (Å²) in [7, 11) is -2.53. The van der Waals surface area contributed by atoms with Crippen LogP contribution >= 0.6 is 11.6 Å². The number of halogens is 1. The molecule has 3 aromatic carbocycles. The van der Waals surface area contributed by atoms with Gasteiger partial charge in [0.05, 0.1) is 22.7 Å². The number of nitrogens with one attached hydrogen (secondary N) is 1. The molecule has 0 spiro atoms. The van der Waals surface area contributed by atoms with E-state index in [1.165, 1.54) is 30.9 Å². The van der Waals surface area contributed by atoms with Gasteiger partial charge in [-0.15, -0.1) is 0 Å². The Morgan fingerprint density at radius 3 is 2.36 bits per heavy atom. The number of anilines is 1. The maximum atomic E-state index is 13.4. The van der Waals surface area contributed by atoms with Crippen molar-refractivity contribution in [3.8, 4) is 5.75 Å². The van der Waals surface area contributed by atoms with E-state index in [0.717, 1.165) is 22.7 Å². The predicted molar refractivity (Wildman–Crippen MR) is 131 cm³/mol. The smallest absolute Gasteiger partial charge is 0.264 e. The van der Waals surface area contributed by atoms with Crippen LogP contribution in [0.25, 0.3) is 0 Å². The summed E-state index contributed by atoms with van der Waals surface area (Å²) in [4.78, 5) is 12.8. The number of rotatable bonds is 10. The number of ether oxygens (including phenoxy) is 1. The van der Waals surface area contributed by atoms with E-state index in [2.05, 4.69) is 5.32 Å². The number of hydrogen-bond donors (Lipinski definition) is 1. The summed E-state index contributed by atoms with van der Waals surface area (Å²) in [5, 5.41) is 3.07. The second-order valence-electron chi connectivity index (χ2n) is 7.58. The summed E-state index contributed by atoms with van der Waals surface area (Å²) in [6, 6.07) is 21.1. The lowest BCUT2D eigenvalue weighted by molar-refractivity contribution is -0.119. The number of carbonyl (C=O) groups excluding carboxylic acids is 1. The van der Waals surface area contributed by atoms with Crippen molar-refractivity contribution in [1.29, 1.82) is 0 Å². The van der Waals surface area contributed by atoms with Gasteiger partial charge >= 0.3 is 0 Å². The molecule has 1 N–H and O–H groups in total. The topological polar surface area (TPSA) is 75.7 Å². The lowest BCUT2D eigenvalue weighted by Crippen LogP contribution is -2.41. The summed E-state index contributed by atoms with van der Waals surface area (Å²) in [6.45, 7) is 1.94. The first kappa shape index (κ1) is 24.6. The third-order valence-electron chi connectivity index (χ3n) is 5.13. The summed E-state index contributed by atoms with van der Waals surface area (Å²) >= 11 is 6.24. The van der Waals surface area contributed by atoms with Gasteiger partial charge in [0.1, 0.15) is 12.3 Å². The molecule has 0 bridgehead atoms. The zero-order valence-corrected chi connectivity index (χ0v) is 20.2. The van der Waals surface area contributed by atoms with Gasteiger partial charge < -0.3 is 10.1 Å². The van der Waals surface area contributed by atoms with Crippen LogP contribution in [-0.2, 0) is 21.2 Å². The van der Waals surface area contributed by atoms with Gasteiger partial charge in [-0.2, -0.15) is 0 Å². The first-order chi connectivity index (χ1) is 15.8. The fourth-order valence-corrected chi connectivity index (χ4v) is 4.98. The largest absolute Gasteiger partial charge is 0.495 e. The van der Waals surface area contributed by atoms with Crippen molar-refractivity contribution in [3.05, 3.63) is 88.9 Å². The standard InChI is InChI=1S/C25H27ClN2O4S/c1-19-10-13-22(14-11-19)33(30,31)28(21-12-15-24(32-2)23(26)17-21)18-25(29)27-16-6-9-20-7-4-3-5-8-20/h3-5,7-8,10-15,17H,6,9,16,18H2,1-2H3,(H,27,29). The van der Waals surface area contributed by atoms with Gasteiger partial charge in [0.15, 0.2) is 0 Å².